The van der Waals surface area contributed by atoms with Gasteiger partial charge in [0.1, 0.15) is 5.75 Å². The van der Waals surface area contributed by atoms with Gasteiger partial charge in [-0.25, -0.2) is 0 Å². The molecule has 0 saturated carbocycles. The van der Waals surface area contributed by atoms with E-state index in [4.69, 9.17) is 4.74 Å². The van der Waals surface area contributed by atoms with Crippen molar-refractivity contribution < 1.29 is 9.53 Å². The molecule has 106 valence electrons. The molecule has 0 spiro atoms. The lowest BCUT2D eigenvalue weighted by atomic mass is 9.98. The van der Waals surface area contributed by atoms with Crippen LogP contribution in [0.25, 0.3) is 0 Å². The van der Waals surface area contributed by atoms with Crippen molar-refractivity contribution in [3.05, 3.63) is 58.8 Å². The zero-order chi connectivity index (χ0) is 15.2. The van der Waals surface area contributed by atoms with Crippen LogP contribution >= 0.6 is 15.9 Å². The predicted molar refractivity (Wildman–Crippen MR) is 81.8 cm³/mol. The number of benzene rings is 1. The predicted octanol–water partition coefficient (Wildman–Crippen LogP) is 3.49. The van der Waals surface area contributed by atoms with Gasteiger partial charge in [0.15, 0.2) is 17.8 Å². The number of ketones is 1. The molecule has 0 aliphatic carbocycles. The van der Waals surface area contributed by atoms with Crippen LogP contribution in [0, 0.1) is 11.3 Å². The fourth-order valence-electron chi connectivity index (χ4n) is 1.85. The number of pyridine rings is 1. The van der Waals surface area contributed by atoms with Crippen LogP contribution in [-0.4, -0.2) is 16.9 Å². The number of ether oxygens (including phenoxy) is 1. The van der Waals surface area contributed by atoms with Gasteiger partial charge in [-0.3, -0.25) is 9.78 Å². The first-order valence-corrected chi connectivity index (χ1v) is 7.18. The average molecular weight is 345 g/mol. The van der Waals surface area contributed by atoms with Crippen LogP contribution in [0.4, 0.5) is 0 Å². The molecule has 0 radical (unpaired) electrons. The lowest BCUT2D eigenvalue weighted by Crippen LogP contribution is -2.29. The third-order valence-electron chi connectivity index (χ3n) is 2.94. The van der Waals surface area contributed by atoms with E-state index in [-0.39, 0.29) is 5.78 Å². The van der Waals surface area contributed by atoms with Crippen LogP contribution < -0.4 is 4.74 Å². The molecule has 21 heavy (non-hydrogen) atoms. The maximum atomic E-state index is 12.4. The van der Waals surface area contributed by atoms with Crippen LogP contribution in [0.2, 0.25) is 0 Å². The Morgan fingerprint density at radius 1 is 1.29 bits per heavy atom. The summed E-state index contributed by atoms with van der Waals surface area (Å²) in [5.41, 5.74) is 0.438. The van der Waals surface area contributed by atoms with E-state index in [0.717, 1.165) is 4.47 Å². The zero-order valence-electron chi connectivity index (χ0n) is 11.4. The monoisotopic (exact) mass is 344 g/mol. The third kappa shape index (κ3) is 3.67. The Kier molecular flexibility index (Phi) is 5.07. The summed E-state index contributed by atoms with van der Waals surface area (Å²) in [5.74, 6) is -0.674. The van der Waals surface area contributed by atoms with Crippen molar-refractivity contribution in [2.45, 2.75) is 18.9 Å². The average Bonchev–Trinajstić information content (AvgIpc) is 2.51. The van der Waals surface area contributed by atoms with Crippen molar-refractivity contribution in [2.24, 2.45) is 0 Å². The second kappa shape index (κ2) is 7.00. The molecule has 0 aliphatic heterocycles. The Labute approximate surface area is 131 Å². The highest BCUT2D eigenvalue weighted by molar-refractivity contribution is 9.10. The maximum Gasteiger partial charge on any atom is 0.196 e. The van der Waals surface area contributed by atoms with Crippen molar-refractivity contribution in [3.8, 4) is 11.8 Å². The van der Waals surface area contributed by atoms with Crippen molar-refractivity contribution in [2.75, 3.05) is 0 Å². The van der Waals surface area contributed by atoms with Crippen molar-refractivity contribution in [1.29, 1.82) is 5.26 Å². The minimum Gasteiger partial charge on any atom is -0.482 e. The molecule has 2 atom stereocenters. The summed E-state index contributed by atoms with van der Waals surface area (Å²) >= 11 is 3.36. The van der Waals surface area contributed by atoms with E-state index in [0.29, 0.717) is 11.4 Å². The number of carbonyl (C=O) groups excluding carboxylic acids is 1. The minimum atomic E-state index is -0.927. The summed E-state index contributed by atoms with van der Waals surface area (Å²) in [6, 6.07) is 14.4. The summed E-state index contributed by atoms with van der Waals surface area (Å²) in [5, 5.41) is 9.24. The number of Topliss-reactive ketones (excluding diaryl/α,β-unsaturated/α-hetero) is 1. The van der Waals surface area contributed by atoms with Crippen LogP contribution in [0.1, 0.15) is 18.5 Å². The molecule has 0 bridgehead atoms. The molecule has 0 saturated heterocycles. The van der Waals surface area contributed by atoms with Gasteiger partial charge in [0.05, 0.1) is 16.2 Å². The first-order valence-electron chi connectivity index (χ1n) is 6.39. The quantitative estimate of drug-likeness (QED) is 0.832. The second-order valence-electron chi connectivity index (χ2n) is 4.41. The van der Waals surface area contributed by atoms with Gasteiger partial charge in [-0.15, -0.1) is 0 Å². The van der Waals surface area contributed by atoms with Gasteiger partial charge in [0.25, 0.3) is 0 Å². The van der Waals surface area contributed by atoms with Gasteiger partial charge in [0, 0.05) is 6.20 Å². The molecule has 0 amide bonds. The summed E-state index contributed by atoms with van der Waals surface area (Å²) in [4.78, 5) is 16.5. The summed E-state index contributed by atoms with van der Waals surface area (Å²) < 4.78 is 6.40. The van der Waals surface area contributed by atoms with Crippen molar-refractivity contribution in [1.82, 2.24) is 4.98 Å². The molecule has 1 aromatic heterocycles. The van der Waals surface area contributed by atoms with Crippen molar-refractivity contribution in [3.63, 3.8) is 0 Å². The van der Waals surface area contributed by atoms with Crippen LogP contribution in [0.3, 0.4) is 0 Å². The zero-order valence-corrected chi connectivity index (χ0v) is 12.9. The van der Waals surface area contributed by atoms with Gasteiger partial charge in [0.2, 0.25) is 0 Å². The Balaban J connectivity index is 2.15. The SMILES string of the molecule is C[C@@H](Oc1ccccc1Br)C(=O)[C@H](C#N)c1ccccn1. The Morgan fingerprint density at radius 2 is 2.00 bits per heavy atom. The molecule has 5 heteroatoms. The number of carbonyl (C=O) groups is 1. The Bertz CT molecular complexity index is 667. The van der Waals surface area contributed by atoms with Gasteiger partial charge in [-0.1, -0.05) is 18.2 Å². The molecule has 0 aliphatic rings. The van der Waals surface area contributed by atoms with E-state index in [2.05, 4.69) is 20.9 Å². The topological polar surface area (TPSA) is 63.0 Å². The number of hydrogen-bond acceptors (Lipinski definition) is 4. The standard InChI is InChI=1S/C16H13BrN2O2/c1-11(21-15-8-3-2-6-13(15)17)16(20)12(10-18)14-7-4-5-9-19-14/h2-9,11-12H,1H3/t11-,12-/m1/s1. The summed E-state index contributed by atoms with van der Waals surface area (Å²) in [6.45, 7) is 1.63. The number of hydrogen-bond donors (Lipinski definition) is 0. The molecular weight excluding hydrogens is 332 g/mol. The smallest absolute Gasteiger partial charge is 0.196 e. The number of para-hydroxylation sites is 1. The van der Waals surface area contributed by atoms with Crippen molar-refractivity contribution >= 4 is 21.7 Å². The first kappa shape index (κ1) is 15.2. The molecule has 1 heterocycles. The molecule has 0 N–H and O–H groups in total. The van der Waals surface area contributed by atoms with Crippen LogP contribution in [0.15, 0.2) is 53.1 Å². The molecule has 1 aromatic carbocycles. The lowest BCUT2D eigenvalue weighted by molar-refractivity contribution is -0.125. The third-order valence-corrected chi connectivity index (χ3v) is 3.59. The normalized spacial score (nSPS) is 13.0. The highest BCUT2D eigenvalue weighted by Gasteiger charge is 2.28. The molecule has 0 fully saturated rings. The molecule has 2 rings (SSSR count). The van der Waals surface area contributed by atoms with E-state index >= 15 is 0 Å². The van der Waals surface area contributed by atoms with Crippen LogP contribution in [0.5, 0.6) is 5.75 Å². The van der Waals surface area contributed by atoms with Gasteiger partial charge >= 0.3 is 0 Å². The number of nitriles is 1. The van der Waals surface area contributed by atoms with E-state index < -0.39 is 12.0 Å². The Hall–Kier alpha value is -2.19. The highest BCUT2D eigenvalue weighted by atomic mass is 79.9. The largest absolute Gasteiger partial charge is 0.482 e. The van der Waals surface area contributed by atoms with E-state index in [1.54, 1.807) is 37.4 Å². The van der Waals surface area contributed by atoms with E-state index in [1.807, 2.05) is 24.3 Å². The van der Waals surface area contributed by atoms with Gasteiger partial charge in [-0.2, -0.15) is 5.26 Å². The number of rotatable bonds is 5. The lowest BCUT2D eigenvalue weighted by Gasteiger charge is -2.17. The highest BCUT2D eigenvalue weighted by Crippen LogP contribution is 2.26. The number of nitrogens with zero attached hydrogens (tertiary/aromatic N) is 2. The fraction of sp³-hybridized carbons (Fsp3) is 0.188. The minimum absolute atomic E-state index is 0.313. The first-order chi connectivity index (χ1) is 10.1. The molecule has 2 aromatic rings. The summed E-state index contributed by atoms with van der Waals surface area (Å²) in [6.07, 6.45) is 0.821. The van der Waals surface area contributed by atoms with Crippen LogP contribution in [-0.2, 0) is 4.79 Å². The van der Waals surface area contributed by atoms with Gasteiger partial charge < -0.3 is 4.74 Å². The van der Waals surface area contributed by atoms with E-state index in [9.17, 15) is 10.1 Å². The molecule has 4 nitrogen and oxygen atoms in total. The summed E-state index contributed by atoms with van der Waals surface area (Å²) in [7, 11) is 0. The van der Waals surface area contributed by atoms with E-state index in [1.165, 1.54) is 0 Å². The Morgan fingerprint density at radius 3 is 2.62 bits per heavy atom. The fourth-order valence-corrected chi connectivity index (χ4v) is 2.22. The van der Waals surface area contributed by atoms with Gasteiger partial charge in [-0.05, 0) is 47.1 Å². The number of aromatic nitrogens is 1. The maximum absolute atomic E-state index is 12.4. The molecular formula is C16H13BrN2O2. The second-order valence-corrected chi connectivity index (χ2v) is 5.26. The number of halogens is 1. The molecule has 0 unspecified atom stereocenters.